The average Bonchev–Trinajstić information content (AvgIpc) is 2.95. The first kappa shape index (κ1) is 13.8. The number of carbonyl (C=O) groups excluding carboxylic acids is 1. The fraction of sp³-hybridized carbons (Fsp3) is 0.333. The Kier molecular flexibility index (Phi) is 3.70. The first-order valence-corrected chi connectivity index (χ1v) is 7.00. The molecule has 3 rings (SSSR count). The molecule has 2 aromatic rings. The Balaban J connectivity index is 1.80. The van der Waals surface area contributed by atoms with Crippen molar-refractivity contribution in [2.24, 2.45) is 0 Å². The standard InChI is InChI=1S/C15H17FN4O/c1-2-20(11-5-3-4-10(16)6-11)15(21)13-7-12-14(8-17-13)19-9-18-12/h3-6,9,13,17H,2,7-8H2,1H3,(H,18,19). The number of anilines is 1. The molecule has 1 unspecified atom stereocenters. The summed E-state index contributed by atoms with van der Waals surface area (Å²) in [6, 6.07) is 5.78. The lowest BCUT2D eigenvalue weighted by Crippen LogP contribution is -2.49. The van der Waals surface area contributed by atoms with Gasteiger partial charge in [0.15, 0.2) is 0 Å². The monoisotopic (exact) mass is 288 g/mol. The maximum atomic E-state index is 13.4. The number of nitrogens with one attached hydrogen (secondary N) is 2. The summed E-state index contributed by atoms with van der Waals surface area (Å²) in [4.78, 5) is 21.6. The number of aromatic amines is 1. The number of imidazole rings is 1. The van der Waals surface area contributed by atoms with Gasteiger partial charge in [0.1, 0.15) is 5.82 Å². The van der Waals surface area contributed by atoms with Crippen molar-refractivity contribution in [2.75, 3.05) is 11.4 Å². The lowest BCUT2D eigenvalue weighted by Gasteiger charge is -2.29. The number of carbonyl (C=O) groups is 1. The van der Waals surface area contributed by atoms with Crippen LogP contribution in [0.4, 0.5) is 10.1 Å². The van der Waals surface area contributed by atoms with E-state index in [9.17, 15) is 9.18 Å². The lowest BCUT2D eigenvalue weighted by atomic mass is 10.0. The van der Waals surface area contributed by atoms with Crippen LogP contribution in [-0.2, 0) is 17.8 Å². The molecule has 2 N–H and O–H groups in total. The molecule has 1 aliphatic heterocycles. The maximum Gasteiger partial charge on any atom is 0.244 e. The van der Waals surface area contributed by atoms with Crippen LogP contribution in [0, 0.1) is 5.82 Å². The van der Waals surface area contributed by atoms with E-state index in [4.69, 9.17) is 0 Å². The predicted molar refractivity (Wildman–Crippen MR) is 77.3 cm³/mol. The molecule has 0 fully saturated rings. The Labute approximate surface area is 122 Å². The van der Waals surface area contributed by atoms with E-state index in [0.29, 0.717) is 25.2 Å². The van der Waals surface area contributed by atoms with Gasteiger partial charge in [-0.2, -0.15) is 0 Å². The fourth-order valence-electron chi connectivity index (χ4n) is 2.64. The van der Waals surface area contributed by atoms with Gasteiger partial charge in [-0.25, -0.2) is 9.37 Å². The molecule has 110 valence electrons. The van der Waals surface area contributed by atoms with Gasteiger partial charge in [0.2, 0.25) is 5.91 Å². The third-order valence-electron chi connectivity index (χ3n) is 3.73. The van der Waals surface area contributed by atoms with Gasteiger partial charge in [0.05, 0.1) is 23.8 Å². The molecular formula is C15H17FN4O. The normalized spacial score (nSPS) is 17.3. The van der Waals surface area contributed by atoms with Crippen molar-refractivity contribution in [3.63, 3.8) is 0 Å². The Morgan fingerprint density at radius 1 is 1.52 bits per heavy atom. The molecule has 1 aromatic heterocycles. The van der Waals surface area contributed by atoms with E-state index in [0.717, 1.165) is 11.4 Å². The van der Waals surface area contributed by atoms with Crippen molar-refractivity contribution in [3.8, 4) is 0 Å². The van der Waals surface area contributed by atoms with Crippen LogP contribution >= 0.6 is 0 Å². The number of rotatable bonds is 3. The summed E-state index contributed by atoms with van der Waals surface area (Å²) in [7, 11) is 0. The summed E-state index contributed by atoms with van der Waals surface area (Å²) in [5.74, 6) is -0.401. The Morgan fingerprint density at radius 3 is 3.14 bits per heavy atom. The molecule has 1 aliphatic rings. The highest BCUT2D eigenvalue weighted by molar-refractivity contribution is 5.97. The number of halogens is 1. The minimum atomic E-state index is -0.343. The molecule has 21 heavy (non-hydrogen) atoms. The highest BCUT2D eigenvalue weighted by Crippen LogP contribution is 2.19. The average molecular weight is 288 g/mol. The van der Waals surface area contributed by atoms with E-state index in [1.165, 1.54) is 12.1 Å². The first-order chi connectivity index (χ1) is 10.2. The van der Waals surface area contributed by atoms with Gasteiger partial charge >= 0.3 is 0 Å². The van der Waals surface area contributed by atoms with Crippen LogP contribution in [0.15, 0.2) is 30.6 Å². The smallest absolute Gasteiger partial charge is 0.244 e. The molecule has 5 nitrogen and oxygen atoms in total. The zero-order valence-electron chi connectivity index (χ0n) is 11.8. The quantitative estimate of drug-likeness (QED) is 0.902. The third kappa shape index (κ3) is 2.67. The number of likely N-dealkylation sites (N-methyl/N-ethyl adjacent to an activating group) is 1. The second-order valence-corrected chi connectivity index (χ2v) is 5.03. The fourth-order valence-corrected chi connectivity index (χ4v) is 2.64. The zero-order valence-corrected chi connectivity index (χ0v) is 11.8. The molecule has 6 heteroatoms. The number of nitrogens with zero attached hydrogens (tertiary/aromatic N) is 2. The van der Waals surface area contributed by atoms with E-state index in [2.05, 4.69) is 15.3 Å². The van der Waals surface area contributed by atoms with Crippen LogP contribution in [0.5, 0.6) is 0 Å². The van der Waals surface area contributed by atoms with Gasteiger partial charge in [-0.3, -0.25) is 10.1 Å². The van der Waals surface area contributed by atoms with Gasteiger partial charge in [-0.15, -0.1) is 0 Å². The van der Waals surface area contributed by atoms with Crippen LogP contribution in [0.1, 0.15) is 18.3 Å². The van der Waals surface area contributed by atoms with Crippen LogP contribution in [0.25, 0.3) is 0 Å². The largest absolute Gasteiger partial charge is 0.347 e. The summed E-state index contributed by atoms with van der Waals surface area (Å²) in [6.07, 6.45) is 2.19. The van der Waals surface area contributed by atoms with E-state index in [1.54, 1.807) is 23.4 Å². The van der Waals surface area contributed by atoms with Crippen LogP contribution in [-0.4, -0.2) is 28.5 Å². The molecule has 2 heterocycles. The Morgan fingerprint density at radius 2 is 2.38 bits per heavy atom. The second-order valence-electron chi connectivity index (χ2n) is 5.03. The first-order valence-electron chi connectivity index (χ1n) is 7.00. The number of aromatic nitrogens is 2. The van der Waals surface area contributed by atoms with Crippen LogP contribution in [0.2, 0.25) is 0 Å². The summed E-state index contributed by atoms with van der Waals surface area (Å²) >= 11 is 0. The molecular weight excluding hydrogens is 271 g/mol. The number of hydrogen-bond acceptors (Lipinski definition) is 3. The van der Waals surface area contributed by atoms with E-state index in [1.807, 2.05) is 6.92 Å². The van der Waals surface area contributed by atoms with Crippen molar-refractivity contribution in [1.82, 2.24) is 15.3 Å². The molecule has 0 saturated carbocycles. The van der Waals surface area contributed by atoms with Gasteiger partial charge in [0.25, 0.3) is 0 Å². The van der Waals surface area contributed by atoms with Crippen molar-refractivity contribution in [1.29, 1.82) is 0 Å². The SMILES string of the molecule is CCN(C(=O)C1Cc2nc[nH]c2CN1)c1cccc(F)c1. The summed E-state index contributed by atoms with van der Waals surface area (Å²) in [5.41, 5.74) is 2.52. The van der Waals surface area contributed by atoms with Crippen molar-refractivity contribution in [3.05, 3.63) is 47.8 Å². The predicted octanol–water partition coefficient (Wildman–Crippen LogP) is 1.62. The van der Waals surface area contributed by atoms with E-state index >= 15 is 0 Å². The van der Waals surface area contributed by atoms with Gasteiger partial charge in [-0.1, -0.05) is 6.07 Å². The molecule has 0 aliphatic carbocycles. The summed E-state index contributed by atoms with van der Waals surface area (Å²) in [6.45, 7) is 2.96. The minimum absolute atomic E-state index is 0.0586. The third-order valence-corrected chi connectivity index (χ3v) is 3.73. The van der Waals surface area contributed by atoms with Crippen molar-refractivity contribution < 1.29 is 9.18 Å². The minimum Gasteiger partial charge on any atom is -0.347 e. The summed E-state index contributed by atoms with van der Waals surface area (Å²) in [5, 5.41) is 3.20. The van der Waals surface area contributed by atoms with Gasteiger partial charge < -0.3 is 9.88 Å². The highest BCUT2D eigenvalue weighted by Gasteiger charge is 2.29. The number of benzene rings is 1. The summed E-state index contributed by atoms with van der Waals surface area (Å²) < 4.78 is 13.4. The number of hydrogen-bond donors (Lipinski definition) is 2. The number of amides is 1. The lowest BCUT2D eigenvalue weighted by molar-refractivity contribution is -0.120. The van der Waals surface area contributed by atoms with Gasteiger partial charge in [0, 0.05) is 25.2 Å². The highest BCUT2D eigenvalue weighted by atomic mass is 19.1. The van der Waals surface area contributed by atoms with E-state index in [-0.39, 0.29) is 17.8 Å². The zero-order chi connectivity index (χ0) is 14.8. The molecule has 1 atom stereocenters. The van der Waals surface area contributed by atoms with Crippen LogP contribution < -0.4 is 10.2 Å². The molecule has 1 aromatic carbocycles. The number of fused-ring (bicyclic) bond motifs is 1. The topological polar surface area (TPSA) is 61.0 Å². The molecule has 0 bridgehead atoms. The maximum absolute atomic E-state index is 13.4. The van der Waals surface area contributed by atoms with E-state index < -0.39 is 0 Å². The van der Waals surface area contributed by atoms with Gasteiger partial charge in [-0.05, 0) is 25.1 Å². The molecule has 1 amide bonds. The number of H-pyrrole nitrogens is 1. The van der Waals surface area contributed by atoms with Crippen LogP contribution in [0.3, 0.4) is 0 Å². The molecule has 0 radical (unpaired) electrons. The van der Waals surface area contributed by atoms with Crippen molar-refractivity contribution in [2.45, 2.75) is 25.9 Å². The second kappa shape index (κ2) is 5.65. The molecule has 0 saturated heterocycles. The van der Waals surface area contributed by atoms with Crippen molar-refractivity contribution >= 4 is 11.6 Å². The molecule has 0 spiro atoms. The Hall–Kier alpha value is -2.21. The Bertz CT molecular complexity index is 655.